The predicted molar refractivity (Wildman–Crippen MR) is 61.7 cm³/mol. The number of hydrogen-bond donors (Lipinski definition) is 0. The summed E-state index contributed by atoms with van der Waals surface area (Å²) >= 11 is 0. The first-order valence-electron chi connectivity index (χ1n) is 5.14. The molecule has 0 aromatic carbocycles. The molecule has 0 aliphatic carbocycles. The molecule has 0 atom stereocenters. The van der Waals surface area contributed by atoms with Crippen molar-refractivity contribution in [1.82, 2.24) is 19.7 Å². The van der Waals surface area contributed by atoms with Gasteiger partial charge in [0.05, 0.1) is 19.9 Å². The lowest BCUT2D eigenvalue weighted by molar-refractivity contribution is 0.379. The van der Waals surface area contributed by atoms with Gasteiger partial charge in [-0.2, -0.15) is 14.8 Å². The van der Waals surface area contributed by atoms with Gasteiger partial charge < -0.3 is 9.47 Å². The van der Waals surface area contributed by atoms with Crippen LogP contribution in [0.25, 0.3) is 5.82 Å². The van der Waals surface area contributed by atoms with Gasteiger partial charge in [-0.25, -0.2) is 4.98 Å². The van der Waals surface area contributed by atoms with Gasteiger partial charge in [0.25, 0.3) is 0 Å². The highest BCUT2D eigenvalue weighted by Crippen LogP contribution is 2.19. The molecule has 90 valence electrons. The average molecular weight is 234 g/mol. The van der Waals surface area contributed by atoms with E-state index in [1.807, 2.05) is 13.0 Å². The van der Waals surface area contributed by atoms with Crippen LogP contribution in [-0.2, 0) is 0 Å². The zero-order valence-corrected chi connectivity index (χ0v) is 10.3. The van der Waals surface area contributed by atoms with E-state index in [0.717, 1.165) is 5.69 Å². The van der Waals surface area contributed by atoms with Crippen molar-refractivity contribution >= 4 is 0 Å². The summed E-state index contributed by atoms with van der Waals surface area (Å²) in [6, 6.07) is 3.55. The molecule has 6 heteroatoms. The van der Waals surface area contributed by atoms with Crippen molar-refractivity contribution in [3.05, 3.63) is 23.7 Å². The van der Waals surface area contributed by atoms with Crippen molar-refractivity contribution in [2.45, 2.75) is 13.8 Å². The fourth-order valence-corrected chi connectivity index (χ4v) is 1.52. The Labute approximate surface area is 99.2 Å². The zero-order valence-electron chi connectivity index (χ0n) is 10.3. The zero-order chi connectivity index (χ0) is 12.4. The Morgan fingerprint density at radius 2 is 1.82 bits per heavy atom. The number of aromatic nitrogens is 4. The van der Waals surface area contributed by atoms with Crippen LogP contribution in [0.4, 0.5) is 0 Å². The Balaban J connectivity index is 2.55. The molecule has 0 fully saturated rings. The van der Waals surface area contributed by atoms with Crippen molar-refractivity contribution in [2.24, 2.45) is 0 Å². The minimum Gasteiger partial charge on any atom is -0.481 e. The summed E-state index contributed by atoms with van der Waals surface area (Å²) in [5, 5.41) is 4.31. The van der Waals surface area contributed by atoms with Crippen molar-refractivity contribution in [3.8, 4) is 17.6 Å². The molecule has 0 aliphatic heterocycles. The number of nitrogens with zero attached hydrogens (tertiary/aromatic N) is 4. The fraction of sp³-hybridized carbons (Fsp3) is 0.364. The van der Waals surface area contributed by atoms with E-state index in [9.17, 15) is 0 Å². The highest BCUT2D eigenvalue weighted by Gasteiger charge is 2.11. The molecule has 2 rings (SSSR count). The van der Waals surface area contributed by atoms with Crippen LogP contribution >= 0.6 is 0 Å². The maximum Gasteiger partial charge on any atom is 0.218 e. The molecule has 2 heterocycles. The third-order valence-corrected chi connectivity index (χ3v) is 2.24. The third kappa shape index (κ3) is 2.20. The molecule has 0 bridgehead atoms. The number of aryl methyl sites for hydroxylation is 2. The highest BCUT2D eigenvalue weighted by molar-refractivity contribution is 5.33. The van der Waals surface area contributed by atoms with E-state index < -0.39 is 0 Å². The van der Waals surface area contributed by atoms with Crippen molar-refractivity contribution in [2.75, 3.05) is 14.2 Å². The van der Waals surface area contributed by atoms with Crippen LogP contribution in [0, 0.1) is 13.8 Å². The van der Waals surface area contributed by atoms with Crippen LogP contribution in [0.2, 0.25) is 0 Å². The first-order valence-corrected chi connectivity index (χ1v) is 5.14. The quantitative estimate of drug-likeness (QED) is 0.801. The van der Waals surface area contributed by atoms with E-state index in [0.29, 0.717) is 23.4 Å². The smallest absolute Gasteiger partial charge is 0.218 e. The van der Waals surface area contributed by atoms with E-state index in [1.54, 1.807) is 31.9 Å². The average Bonchev–Trinajstić information content (AvgIpc) is 2.69. The van der Waals surface area contributed by atoms with Crippen molar-refractivity contribution < 1.29 is 9.47 Å². The van der Waals surface area contributed by atoms with Crippen molar-refractivity contribution in [3.63, 3.8) is 0 Å². The summed E-state index contributed by atoms with van der Waals surface area (Å²) in [5.74, 6) is 2.37. The molecule has 0 unspecified atom stereocenters. The Morgan fingerprint density at radius 3 is 2.47 bits per heavy atom. The molecular formula is C11H14N4O2. The van der Waals surface area contributed by atoms with Gasteiger partial charge >= 0.3 is 0 Å². The second kappa shape index (κ2) is 4.40. The van der Waals surface area contributed by atoms with Crippen LogP contribution in [-0.4, -0.2) is 34.0 Å². The van der Waals surface area contributed by atoms with Crippen molar-refractivity contribution in [1.29, 1.82) is 0 Å². The van der Waals surface area contributed by atoms with Crippen LogP contribution < -0.4 is 9.47 Å². The van der Waals surface area contributed by atoms with Gasteiger partial charge in [0.2, 0.25) is 11.8 Å². The summed E-state index contributed by atoms with van der Waals surface area (Å²) < 4.78 is 12.0. The first-order chi connectivity index (χ1) is 8.13. The summed E-state index contributed by atoms with van der Waals surface area (Å²) in [6.45, 7) is 3.69. The van der Waals surface area contributed by atoms with Crippen LogP contribution in [0.1, 0.15) is 11.5 Å². The number of rotatable bonds is 3. The van der Waals surface area contributed by atoms with Gasteiger partial charge in [0.1, 0.15) is 5.82 Å². The standard InChI is InChI=1S/C11H14N4O2/c1-7-5-11(17-4)15(14-7)9-6-10(16-3)13-8(2)12-9/h5-6H,1-4H3. The summed E-state index contributed by atoms with van der Waals surface area (Å²) in [4.78, 5) is 8.43. The summed E-state index contributed by atoms with van der Waals surface area (Å²) in [6.07, 6.45) is 0. The molecule has 2 aromatic rings. The maximum absolute atomic E-state index is 5.23. The minimum atomic E-state index is 0.503. The second-order valence-corrected chi connectivity index (χ2v) is 3.56. The van der Waals surface area contributed by atoms with E-state index in [-0.39, 0.29) is 0 Å². The Morgan fingerprint density at radius 1 is 1.06 bits per heavy atom. The van der Waals surface area contributed by atoms with Gasteiger partial charge in [0, 0.05) is 12.1 Å². The molecule has 0 saturated heterocycles. The van der Waals surface area contributed by atoms with Gasteiger partial charge in [-0.05, 0) is 13.8 Å². The van der Waals surface area contributed by atoms with E-state index in [1.165, 1.54) is 0 Å². The van der Waals surface area contributed by atoms with Gasteiger partial charge in [-0.1, -0.05) is 0 Å². The van der Waals surface area contributed by atoms with Gasteiger partial charge in [-0.3, -0.25) is 0 Å². The molecule has 6 nitrogen and oxygen atoms in total. The lowest BCUT2D eigenvalue weighted by Crippen LogP contribution is -2.05. The monoisotopic (exact) mass is 234 g/mol. The van der Waals surface area contributed by atoms with E-state index >= 15 is 0 Å². The maximum atomic E-state index is 5.23. The second-order valence-electron chi connectivity index (χ2n) is 3.56. The fourth-order valence-electron chi connectivity index (χ4n) is 1.52. The predicted octanol–water partition coefficient (Wildman–Crippen LogP) is 1.30. The lowest BCUT2D eigenvalue weighted by Gasteiger charge is -2.07. The Kier molecular flexibility index (Phi) is 2.95. The number of hydrogen-bond acceptors (Lipinski definition) is 5. The Bertz CT molecular complexity index is 536. The SMILES string of the molecule is COc1cc(-n2nc(C)cc2OC)nc(C)n1. The van der Waals surface area contributed by atoms with Crippen LogP contribution in [0.3, 0.4) is 0 Å². The molecular weight excluding hydrogens is 220 g/mol. The molecule has 0 amide bonds. The normalized spacial score (nSPS) is 10.4. The number of methoxy groups -OCH3 is 2. The molecule has 0 saturated carbocycles. The molecule has 0 radical (unpaired) electrons. The lowest BCUT2D eigenvalue weighted by atomic mass is 10.5. The summed E-state index contributed by atoms with van der Waals surface area (Å²) in [7, 11) is 3.16. The molecule has 17 heavy (non-hydrogen) atoms. The van der Waals surface area contributed by atoms with Gasteiger partial charge in [0.15, 0.2) is 5.82 Å². The summed E-state index contributed by atoms with van der Waals surface area (Å²) in [5.41, 5.74) is 0.858. The van der Waals surface area contributed by atoms with E-state index in [2.05, 4.69) is 15.1 Å². The third-order valence-electron chi connectivity index (χ3n) is 2.24. The topological polar surface area (TPSA) is 62.1 Å². The minimum absolute atomic E-state index is 0.503. The molecule has 0 N–H and O–H groups in total. The largest absolute Gasteiger partial charge is 0.481 e. The van der Waals surface area contributed by atoms with E-state index in [4.69, 9.17) is 9.47 Å². The molecule has 0 aliphatic rings. The van der Waals surface area contributed by atoms with Crippen LogP contribution in [0.5, 0.6) is 11.8 Å². The highest BCUT2D eigenvalue weighted by atomic mass is 16.5. The molecule has 2 aromatic heterocycles. The van der Waals surface area contributed by atoms with Gasteiger partial charge in [-0.15, -0.1) is 0 Å². The van der Waals surface area contributed by atoms with Crippen LogP contribution in [0.15, 0.2) is 12.1 Å². The Hall–Kier alpha value is -2.11. The first kappa shape index (κ1) is 11.4. The molecule has 0 spiro atoms. The number of ether oxygens (including phenoxy) is 2.